The summed E-state index contributed by atoms with van der Waals surface area (Å²) in [7, 11) is 1.06. The molecular formula is C40H51NO14. The summed E-state index contributed by atoms with van der Waals surface area (Å²) in [4.78, 5) is 53.0. The SMILES string of the molecule is COC(=O)[C@@H]1[C@H](O)[C@H](C)[C@H](O)[C@H](C)/C=C/C=C(/C)C(=O)Nc2c(C)c(OC(C)=O)c3c(c2O)C(=O)C(C)=C2OCOC(=C23)/C(C)=C\[C@@](C)(O)[C@H](O)[C@@H](C)[C@H]1O. The van der Waals surface area contributed by atoms with Crippen molar-refractivity contribution in [3.63, 3.8) is 0 Å². The van der Waals surface area contributed by atoms with Crippen LogP contribution in [-0.2, 0) is 28.6 Å². The number of Topliss-reactive ketones (excluding diaryl/α,β-unsaturated/α-hetero) is 1. The molecule has 5 rings (SSSR count). The number of rotatable bonds is 2. The molecule has 3 aliphatic heterocycles. The fourth-order valence-corrected chi connectivity index (χ4v) is 7.28. The van der Waals surface area contributed by atoms with Crippen LogP contribution in [0.5, 0.6) is 11.5 Å². The van der Waals surface area contributed by atoms with Gasteiger partial charge in [-0.3, -0.25) is 19.2 Å². The van der Waals surface area contributed by atoms with Crippen LogP contribution in [0.2, 0.25) is 0 Å². The van der Waals surface area contributed by atoms with Crippen LogP contribution in [0, 0.1) is 30.6 Å². The monoisotopic (exact) mass is 769 g/mol. The number of benzene rings is 1. The molecule has 55 heavy (non-hydrogen) atoms. The fourth-order valence-electron chi connectivity index (χ4n) is 7.28. The van der Waals surface area contributed by atoms with Crippen molar-refractivity contribution in [3.05, 3.63) is 69.2 Å². The highest BCUT2D eigenvalue weighted by Crippen LogP contribution is 2.53. The van der Waals surface area contributed by atoms with Gasteiger partial charge < -0.3 is 54.9 Å². The lowest BCUT2D eigenvalue weighted by Crippen LogP contribution is -2.53. The average Bonchev–Trinajstić information content (AvgIpc) is 3.13. The third kappa shape index (κ3) is 8.12. The number of ether oxygens (including phenoxy) is 4. The van der Waals surface area contributed by atoms with Gasteiger partial charge in [-0.15, -0.1) is 0 Å². The molecule has 15 heteroatoms. The lowest BCUT2D eigenvalue weighted by molar-refractivity contribution is -0.168. The summed E-state index contributed by atoms with van der Waals surface area (Å²) < 4.78 is 22.3. The van der Waals surface area contributed by atoms with E-state index in [-0.39, 0.29) is 61.9 Å². The molecule has 0 saturated heterocycles. The number of phenols is 1. The number of anilines is 1. The summed E-state index contributed by atoms with van der Waals surface area (Å²) in [6.45, 7) is 12.3. The number of aliphatic hydroxyl groups is 5. The summed E-state index contributed by atoms with van der Waals surface area (Å²) in [6, 6.07) is 0. The van der Waals surface area contributed by atoms with Gasteiger partial charge in [0.05, 0.1) is 48.3 Å². The van der Waals surface area contributed by atoms with Gasteiger partial charge in [-0.25, -0.2) is 0 Å². The first-order valence-corrected chi connectivity index (χ1v) is 17.8. The number of esters is 2. The highest BCUT2D eigenvalue weighted by Gasteiger charge is 2.47. The third-order valence-electron chi connectivity index (χ3n) is 10.6. The zero-order valence-corrected chi connectivity index (χ0v) is 32.6. The highest BCUT2D eigenvalue weighted by molar-refractivity contribution is 6.21. The van der Waals surface area contributed by atoms with E-state index in [0.29, 0.717) is 0 Å². The Balaban J connectivity index is 2.07. The summed E-state index contributed by atoms with van der Waals surface area (Å²) in [5.74, 6) is -8.68. The lowest BCUT2D eigenvalue weighted by Gasteiger charge is -2.39. The van der Waals surface area contributed by atoms with Gasteiger partial charge in [-0.2, -0.15) is 0 Å². The zero-order chi connectivity index (χ0) is 41.4. The number of hydrogen-bond acceptors (Lipinski definition) is 14. The molecule has 300 valence electrons. The van der Waals surface area contributed by atoms with Crippen molar-refractivity contribution in [2.24, 2.45) is 23.7 Å². The van der Waals surface area contributed by atoms with Crippen LogP contribution in [0.4, 0.5) is 5.69 Å². The quantitative estimate of drug-likeness (QED) is 0.130. The number of ketones is 1. The molecule has 0 fully saturated rings. The van der Waals surface area contributed by atoms with Crippen molar-refractivity contribution in [2.75, 3.05) is 19.2 Å². The van der Waals surface area contributed by atoms with Crippen LogP contribution in [0.15, 0.2) is 52.5 Å². The Morgan fingerprint density at radius 3 is 2.11 bits per heavy atom. The van der Waals surface area contributed by atoms with Gasteiger partial charge in [0.2, 0.25) is 6.79 Å². The second kappa shape index (κ2) is 16.5. The molecule has 9 atom stereocenters. The molecule has 1 aromatic rings. The first-order valence-electron chi connectivity index (χ1n) is 17.8. The minimum Gasteiger partial charge on any atom is -0.505 e. The molecule has 4 aliphatic rings. The van der Waals surface area contributed by atoms with E-state index in [2.05, 4.69) is 5.32 Å². The van der Waals surface area contributed by atoms with Crippen molar-refractivity contribution in [2.45, 2.75) is 92.3 Å². The first kappa shape index (κ1) is 42.9. The van der Waals surface area contributed by atoms with Gasteiger partial charge in [0.25, 0.3) is 5.91 Å². The molecule has 4 bridgehead atoms. The van der Waals surface area contributed by atoms with Crippen molar-refractivity contribution in [1.82, 2.24) is 0 Å². The van der Waals surface area contributed by atoms with Crippen LogP contribution in [0.3, 0.4) is 0 Å². The van der Waals surface area contributed by atoms with Gasteiger partial charge in [-0.05, 0) is 46.3 Å². The molecule has 3 heterocycles. The van der Waals surface area contributed by atoms with E-state index in [0.717, 1.165) is 14.0 Å². The molecule has 0 saturated carbocycles. The van der Waals surface area contributed by atoms with Crippen LogP contribution in [0.1, 0.15) is 76.9 Å². The summed E-state index contributed by atoms with van der Waals surface area (Å²) in [5, 5.41) is 71.8. The molecule has 1 aliphatic carbocycles. The van der Waals surface area contributed by atoms with Gasteiger partial charge in [0, 0.05) is 47.0 Å². The number of fused-ring (bicyclic) bond motifs is 14. The van der Waals surface area contributed by atoms with Gasteiger partial charge >= 0.3 is 11.9 Å². The number of nitrogens with one attached hydrogen (secondary N) is 1. The number of carbonyl (C=O) groups excluding carboxylic acids is 4. The Hall–Kier alpha value is -4.80. The highest BCUT2D eigenvalue weighted by atomic mass is 16.7. The Morgan fingerprint density at radius 2 is 1.51 bits per heavy atom. The van der Waals surface area contributed by atoms with E-state index in [9.17, 15) is 49.8 Å². The number of amides is 1. The fraction of sp³-hybridized carbons (Fsp3) is 0.500. The molecule has 0 radical (unpaired) electrons. The Labute approximate surface area is 319 Å². The molecule has 0 spiro atoms. The molecule has 0 unspecified atom stereocenters. The molecule has 15 nitrogen and oxygen atoms in total. The second-order valence-electron chi connectivity index (χ2n) is 14.7. The smallest absolute Gasteiger partial charge is 0.313 e. The predicted molar refractivity (Wildman–Crippen MR) is 198 cm³/mol. The topological polar surface area (TPSA) is 239 Å². The molecule has 1 amide bonds. The molecular weight excluding hydrogens is 718 g/mol. The summed E-state index contributed by atoms with van der Waals surface area (Å²) in [5.41, 5.74) is -2.34. The summed E-state index contributed by atoms with van der Waals surface area (Å²) in [6.07, 6.45) is -0.878. The molecule has 1 aromatic carbocycles. The number of phenolic OH excluding ortho intramolecular Hbond substituents is 1. The Bertz CT molecular complexity index is 1920. The van der Waals surface area contributed by atoms with Crippen LogP contribution < -0.4 is 10.1 Å². The minimum absolute atomic E-state index is 0.00256. The number of methoxy groups -OCH3 is 1. The van der Waals surface area contributed by atoms with Gasteiger partial charge in [0.15, 0.2) is 11.5 Å². The van der Waals surface area contributed by atoms with E-state index in [1.54, 1.807) is 13.0 Å². The van der Waals surface area contributed by atoms with Crippen LogP contribution >= 0.6 is 0 Å². The van der Waals surface area contributed by atoms with Crippen molar-refractivity contribution in [3.8, 4) is 11.5 Å². The summed E-state index contributed by atoms with van der Waals surface area (Å²) >= 11 is 0. The number of hydrogen-bond donors (Lipinski definition) is 7. The zero-order valence-electron chi connectivity index (χ0n) is 32.6. The molecule has 7 N–H and O–H groups in total. The first-order chi connectivity index (χ1) is 25.6. The van der Waals surface area contributed by atoms with E-state index < -0.39 is 89.9 Å². The largest absolute Gasteiger partial charge is 0.505 e. The Kier molecular flexibility index (Phi) is 12.9. The van der Waals surface area contributed by atoms with E-state index >= 15 is 0 Å². The second-order valence-corrected chi connectivity index (χ2v) is 14.7. The maximum Gasteiger partial charge on any atom is 0.313 e. The average molecular weight is 770 g/mol. The maximum absolute atomic E-state index is 14.0. The van der Waals surface area contributed by atoms with Gasteiger partial charge in [0.1, 0.15) is 28.8 Å². The standard InChI is InChI=1S/C40H51NO14/c1-16-12-11-13-17(2)38(49)41-28-19(4)36(55-23(8)42)24-25(33(28)47)31(45)21(6)35-26(24)34(53-15-54-35)18(3)14-40(9,51)37(48)22(7)32(46)27(39(50)52-10)30(44)20(5)29(16)43/h11-14,16,20,22,27,29-30,32,37,43-44,46-48,51H,15H2,1-10H3,(H,41,49)/b12-11+,17-13-,18-14-/t16-,20-,22+,27-,29-,30-,32-,37-,40-/m1/s1. The number of allylic oxidation sites excluding steroid dienone is 5. The van der Waals surface area contributed by atoms with Crippen LogP contribution in [0.25, 0.3) is 5.57 Å². The predicted octanol–water partition coefficient (Wildman–Crippen LogP) is 3.10. The van der Waals surface area contributed by atoms with Crippen molar-refractivity contribution < 1.29 is 68.8 Å². The maximum atomic E-state index is 14.0. The minimum atomic E-state index is -2.17. The van der Waals surface area contributed by atoms with E-state index in [4.69, 9.17) is 18.9 Å². The van der Waals surface area contributed by atoms with Crippen LogP contribution in [-0.4, -0.2) is 98.2 Å². The van der Waals surface area contributed by atoms with Crippen molar-refractivity contribution in [1.29, 1.82) is 0 Å². The number of aliphatic hydroxyl groups excluding tert-OH is 4. The Morgan fingerprint density at radius 1 is 0.909 bits per heavy atom. The normalized spacial score (nSPS) is 33.3. The third-order valence-corrected chi connectivity index (χ3v) is 10.6. The van der Waals surface area contributed by atoms with E-state index in [1.807, 2.05) is 0 Å². The van der Waals surface area contributed by atoms with Gasteiger partial charge in [-0.1, -0.05) is 39.0 Å². The molecule has 0 aromatic heterocycles. The van der Waals surface area contributed by atoms with E-state index in [1.165, 1.54) is 66.7 Å². The number of carbonyl (C=O) groups is 4. The van der Waals surface area contributed by atoms with Crippen molar-refractivity contribution >= 4 is 34.9 Å². The number of aromatic hydroxyl groups is 1. The lowest BCUT2D eigenvalue weighted by atomic mass is 9.75.